The fourth-order valence-electron chi connectivity index (χ4n) is 3.23. The number of rotatable bonds is 4. The zero-order chi connectivity index (χ0) is 21.6. The molecule has 0 fully saturated rings. The second-order valence-electron chi connectivity index (χ2n) is 6.21. The van der Waals surface area contributed by atoms with Gasteiger partial charge in [0.1, 0.15) is 16.8 Å². The molecule has 154 valence electrons. The van der Waals surface area contributed by atoms with Crippen LogP contribution >= 0.6 is 11.6 Å². The Morgan fingerprint density at radius 3 is 2.53 bits per heavy atom. The summed E-state index contributed by atoms with van der Waals surface area (Å²) in [6.45, 7) is -2.99. The van der Waals surface area contributed by atoms with Gasteiger partial charge in [0.25, 0.3) is 5.56 Å². The highest BCUT2D eigenvalue weighted by atomic mass is 35.5. The van der Waals surface area contributed by atoms with E-state index in [1.54, 1.807) is 18.2 Å². The Morgan fingerprint density at radius 1 is 1.20 bits per heavy atom. The number of hydrogen-bond donors (Lipinski definition) is 1. The second kappa shape index (κ2) is 7.34. The zero-order valence-electron chi connectivity index (χ0n) is 15.3. The van der Waals surface area contributed by atoms with E-state index in [0.717, 1.165) is 7.11 Å². The van der Waals surface area contributed by atoms with Gasteiger partial charge in [0.2, 0.25) is 0 Å². The van der Waals surface area contributed by atoms with E-state index in [0.29, 0.717) is 16.0 Å². The molecular formula is C20H13ClF2N2O5. The maximum atomic E-state index is 13.3. The van der Waals surface area contributed by atoms with Gasteiger partial charge in [-0.1, -0.05) is 11.6 Å². The Bertz CT molecular complexity index is 1350. The van der Waals surface area contributed by atoms with Crippen molar-refractivity contribution < 1.29 is 27.5 Å². The summed E-state index contributed by atoms with van der Waals surface area (Å²) in [4.78, 5) is 25.5. The largest absolute Gasteiger partial charge is 0.465 e. The van der Waals surface area contributed by atoms with Gasteiger partial charge in [-0.15, -0.1) is 0 Å². The highest BCUT2D eigenvalue weighted by Gasteiger charge is 2.26. The van der Waals surface area contributed by atoms with Gasteiger partial charge in [0.15, 0.2) is 11.1 Å². The molecule has 0 bridgehead atoms. The number of furan rings is 1. The van der Waals surface area contributed by atoms with Gasteiger partial charge < -0.3 is 19.6 Å². The van der Waals surface area contributed by atoms with Crippen LogP contribution in [0, 0.1) is 0 Å². The van der Waals surface area contributed by atoms with E-state index in [9.17, 15) is 18.4 Å². The van der Waals surface area contributed by atoms with Gasteiger partial charge in [0, 0.05) is 16.1 Å². The van der Waals surface area contributed by atoms with Crippen LogP contribution in [0.25, 0.3) is 27.8 Å². The molecule has 0 aliphatic carbocycles. The van der Waals surface area contributed by atoms with Crippen molar-refractivity contribution in [2.75, 3.05) is 12.8 Å². The lowest BCUT2D eigenvalue weighted by molar-refractivity contribution is -0.0498. The lowest BCUT2D eigenvalue weighted by Gasteiger charge is -2.13. The number of benzene rings is 2. The first-order chi connectivity index (χ1) is 14.3. The Morgan fingerprint density at radius 2 is 1.90 bits per heavy atom. The van der Waals surface area contributed by atoms with Crippen molar-refractivity contribution in [3.63, 3.8) is 0 Å². The summed E-state index contributed by atoms with van der Waals surface area (Å²) < 4.78 is 40.9. The summed E-state index contributed by atoms with van der Waals surface area (Å²) in [5, 5.41) is 0.867. The van der Waals surface area contributed by atoms with E-state index in [1.165, 1.54) is 28.8 Å². The monoisotopic (exact) mass is 434 g/mol. The number of fused-ring (bicyclic) bond motifs is 3. The third kappa shape index (κ3) is 3.13. The molecule has 7 nitrogen and oxygen atoms in total. The molecule has 0 saturated heterocycles. The predicted molar refractivity (Wildman–Crippen MR) is 107 cm³/mol. The molecule has 2 N–H and O–H groups in total. The van der Waals surface area contributed by atoms with Gasteiger partial charge in [0.05, 0.1) is 12.8 Å². The number of anilines is 1. The molecule has 2 aromatic heterocycles. The first kappa shape index (κ1) is 19.7. The van der Waals surface area contributed by atoms with Crippen molar-refractivity contribution in [2.45, 2.75) is 6.61 Å². The minimum absolute atomic E-state index is 0.0835. The highest BCUT2D eigenvalue weighted by Crippen LogP contribution is 2.35. The minimum Gasteiger partial charge on any atom is -0.465 e. The molecule has 0 aliphatic heterocycles. The normalized spacial score (nSPS) is 11.4. The van der Waals surface area contributed by atoms with Crippen LogP contribution in [0.15, 0.2) is 51.7 Å². The fraction of sp³-hybridized carbons (Fsp3) is 0.100. The quantitative estimate of drug-likeness (QED) is 0.479. The van der Waals surface area contributed by atoms with Crippen molar-refractivity contribution in [2.24, 2.45) is 0 Å². The number of pyridine rings is 1. The van der Waals surface area contributed by atoms with Crippen LogP contribution in [0.2, 0.25) is 5.02 Å². The van der Waals surface area contributed by atoms with Gasteiger partial charge >= 0.3 is 12.6 Å². The molecule has 30 heavy (non-hydrogen) atoms. The molecule has 10 heteroatoms. The third-order valence-electron chi connectivity index (χ3n) is 4.49. The number of methoxy groups -OCH3 is 1. The van der Waals surface area contributed by atoms with Gasteiger partial charge in [-0.05, 0) is 42.5 Å². The van der Waals surface area contributed by atoms with Crippen LogP contribution in [0.3, 0.4) is 0 Å². The summed E-state index contributed by atoms with van der Waals surface area (Å²) in [7, 11) is 1.12. The molecule has 0 saturated carbocycles. The number of alkyl halides is 2. The standard InChI is InChI=1S/C20H13ClF2N2O5/c1-28-19(27)14-15(24)17-16(12-8-9(21)2-7-13(12)30-17)25(18(14)26)10-3-5-11(6-4-10)29-20(22)23/h2-8,20H,24H2,1H3. The molecule has 0 aliphatic rings. The number of ether oxygens (including phenoxy) is 2. The number of esters is 1. The minimum atomic E-state index is -2.99. The number of nitrogens with zero attached hydrogens (tertiary/aromatic N) is 1. The van der Waals surface area contributed by atoms with Gasteiger partial charge in [-0.25, -0.2) is 4.79 Å². The maximum absolute atomic E-state index is 13.3. The summed E-state index contributed by atoms with van der Waals surface area (Å²) in [6, 6.07) is 10.1. The number of halogens is 3. The van der Waals surface area contributed by atoms with Crippen molar-refractivity contribution in [1.82, 2.24) is 4.57 Å². The smallest absolute Gasteiger partial charge is 0.387 e. The number of carbonyl (C=O) groups excluding carboxylic acids is 1. The average molecular weight is 435 g/mol. The second-order valence-corrected chi connectivity index (χ2v) is 6.65. The molecule has 2 heterocycles. The molecule has 0 radical (unpaired) electrons. The third-order valence-corrected chi connectivity index (χ3v) is 4.72. The van der Waals surface area contributed by atoms with Gasteiger partial charge in [-0.3, -0.25) is 9.36 Å². The molecule has 0 amide bonds. The van der Waals surface area contributed by atoms with Crippen molar-refractivity contribution in [1.29, 1.82) is 0 Å². The predicted octanol–water partition coefficient (Wildman–Crippen LogP) is 4.36. The Balaban J connectivity index is 2.10. The van der Waals surface area contributed by atoms with Crippen LogP contribution in [0.1, 0.15) is 10.4 Å². The van der Waals surface area contributed by atoms with Crippen LogP contribution in [0.4, 0.5) is 14.5 Å². The molecule has 0 unspecified atom stereocenters. The number of nitrogen functional groups attached to an aromatic ring is 1. The summed E-state index contributed by atoms with van der Waals surface area (Å²) >= 11 is 6.11. The first-order valence-electron chi connectivity index (χ1n) is 8.51. The Hall–Kier alpha value is -3.59. The van der Waals surface area contributed by atoms with Crippen molar-refractivity contribution >= 4 is 45.3 Å². The molecule has 0 atom stereocenters. The number of carbonyl (C=O) groups is 1. The molecule has 2 aromatic carbocycles. The van der Waals surface area contributed by atoms with E-state index in [4.69, 9.17) is 26.5 Å². The van der Waals surface area contributed by atoms with Crippen molar-refractivity contribution in [3.05, 3.63) is 63.4 Å². The zero-order valence-corrected chi connectivity index (χ0v) is 16.1. The molecule has 0 spiro atoms. The lowest BCUT2D eigenvalue weighted by Crippen LogP contribution is -2.28. The first-order valence-corrected chi connectivity index (χ1v) is 8.89. The van der Waals surface area contributed by atoms with E-state index >= 15 is 0 Å². The van der Waals surface area contributed by atoms with E-state index < -0.39 is 23.7 Å². The summed E-state index contributed by atoms with van der Waals surface area (Å²) in [5.74, 6) is -1.04. The number of nitrogens with two attached hydrogens (primary N) is 1. The SMILES string of the molecule is COC(=O)c1c(N)c2oc3ccc(Cl)cc3c2n(-c2ccc(OC(F)F)cc2)c1=O. The van der Waals surface area contributed by atoms with Crippen LogP contribution < -0.4 is 16.0 Å². The summed E-state index contributed by atoms with van der Waals surface area (Å²) in [6.07, 6.45) is 0. The van der Waals surface area contributed by atoms with Crippen LogP contribution in [-0.4, -0.2) is 24.3 Å². The summed E-state index contributed by atoms with van der Waals surface area (Å²) in [5.41, 5.74) is 5.72. The van der Waals surface area contributed by atoms with Crippen molar-refractivity contribution in [3.8, 4) is 11.4 Å². The Labute approximate surface area is 172 Å². The number of hydrogen-bond acceptors (Lipinski definition) is 6. The highest BCUT2D eigenvalue weighted by molar-refractivity contribution is 6.31. The fourth-order valence-corrected chi connectivity index (χ4v) is 3.40. The van der Waals surface area contributed by atoms with E-state index in [-0.39, 0.29) is 28.2 Å². The topological polar surface area (TPSA) is 96.7 Å². The van der Waals surface area contributed by atoms with E-state index in [1.807, 2.05) is 0 Å². The lowest BCUT2D eigenvalue weighted by atomic mass is 10.1. The maximum Gasteiger partial charge on any atom is 0.387 e. The van der Waals surface area contributed by atoms with E-state index in [2.05, 4.69) is 4.74 Å². The van der Waals surface area contributed by atoms with Crippen LogP contribution in [0.5, 0.6) is 5.75 Å². The van der Waals surface area contributed by atoms with Gasteiger partial charge in [-0.2, -0.15) is 8.78 Å². The molecule has 4 aromatic rings. The molecular weight excluding hydrogens is 422 g/mol. The number of aromatic nitrogens is 1. The Kier molecular flexibility index (Phi) is 4.83. The molecule has 4 rings (SSSR count). The average Bonchev–Trinajstić information content (AvgIpc) is 3.07. The van der Waals surface area contributed by atoms with Crippen LogP contribution in [-0.2, 0) is 4.74 Å².